The summed E-state index contributed by atoms with van der Waals surface area (Å²) in [6.07, 6.45) is 4.45. The lowest BCUT2D eigenvalue weighted by Crippen LogP contribution is -2.16. The summed E-state index contributed by atoms with van der Waals surface area (Å²) < 4.78 is 55.1. The molecule has 0 aliphatic heterocycles. The Balaban J connectivity index is 2.26. The minimum Gasteiger partial charge on any atom is -0.460 e. The molecule has 1 aliphatic rings. The lowest BCUT2D eigenvalue weighted by Gasteiger charge is -2.18. The number of carbonyl (C=O) groups is 1. The molecule has 1 aliphatic carbocycles. The molecule has 0 unspecified atom stereocenters. The molecule has 1 aromatic rings. The maximum Gasteiger partial charge on any atom is 0.310 e. The second kappa shape index (κ2) is 11.2. The van der Waals surface area contributed by atoms with Crippen molar-refractivity contribution in [2.45, 2.75) is 53.2 Å². The molecule has 0 heterocycles. The molecule has 2 rings (SSSR count). The van der Waals surface area contributed by atoms with Crippen LogP contribution < -0.4 is 5.32 Å². The second-order valence-electron chi connectivity index (χ2n) is 8.23. The molecule has 1 N–H and O–H groups in total. The Morgan fingerprint density at radius 3 is 2.32 bits per heavy atom. The highest BCUT2D eigenvalue weighted by atomic mass is 79.9. The fourth-order valence-corrected chi connectivity index (χ4v) is 4.31. The standard InChI is InChI=1S/C22H28Br2F3NO3/c1-5-6-7-8-28-20-13(18(26)17(25)12(10-30-4)19(20)27)11-31-21(29)16-14(9-15(23)24)22(16,2)3/h9,14,16,28H,5-8,10-11H2,1-4H3/t14-,16-/m0/s1. The quantitative estimate of drug-likeness (QED) is 0.181. The zero-order chi connectivity index (χ0) is 23.3. The van der Waals surface area contributed by atoms with Crippen LogP contribution in [-0.4, -0.2) is 19.6 Å². The summed E-state index contributed by atoms with van der Waals surface area (Å²) in [6.45, 7) is 5.26. The van der Waals surface area contributed by atoms with Crippen LogP contribution in [0, 0.1) is 34.7 Å². The van der Waals surface area contributed by atoms with E-state index in [1.807, 2.05) is 26.8 Å². The third-order valence-corrected chi connectivity index (χ3v) is 6.24. The highest BCUT2D eigenvalue weighted by molar-refractivity contribution is 9.28. The van der Waals surface area contributed by atoms with Gasteiger partial charge in [0, 0.05) is 13.7 Å². The number of anilines is 1. The van der Waals surface area contributed by atoms with Gasteiger partial charge in [-0.1, -0.05) is 39.7 Å². The first-order chi connectivity index (χ1) is 14.6. The Morgan fingerprint density at radius 2 is 1.74 bits per heavy atom. The third kappa shape index (κ3) is 6.05. The van der Waals surface area contributed by atoms with Gasteiger partial charge in [-0.15, -0.1) is 0 Å². The molecular formula is C22H28Br2F3NO3. The summed E-state index contributed by atoms with van der Waals surface area (Å²) in [5.74, 6) is -4.54. The van der Waals surface area contributed by atoms with Gasteiger partial charge in [-0.3, -0.25) is 4.79 Å². The zero-order valence-electron chi connectivity index (χ0n) is 18.1. The number of rotatable bonds is 11. The number of allylic oxidation sites excluding steroid dienone is 1. The number of hydrogen-bond acceptors (Lipinski definition) is 4. The van der Waals surface area contributed by atoms with E-state index in [-0.39, 0.29) is 22.6 Å². The van der Waals surface area contributed by atoms with E-state index in [1.165, 1.54) is 7.11 Å². The van der Waals surface area contributed by atoms with Crippen LogP contribution in [0.5, 0.6) is 0 Å². The minimum atomic E-state index is -1.33. The summed E-state index contributed by atoms with van der Waals surface area (Å²) in [7, 11) is 1.27. The Bertz CT molecular complexity index is 842. The van der Waals surface area contributed by atoms with Crippen molar-refractivity contribution < 1.29 is 27.4 Å². The predicted molar refractivity (Wildman–Crippen MR) is 122 cm³/mol. The summed E-state index contributed by atoms with van der Waals surface area (Å²) in [4.78, 5) is 12.6. The van der Waals surface area contributed by atoms with Gasteiger partial charge in [0.2, 0.25) is 0 Å². The molecule has 1 fully saturated rings. The first-order valence-corrected chi connectivity index (χ1v) is 11.8. The minimum absolute atomic E-state index is 0.0669. The van der Waals surface area contributed by atoms with Crippen molar-refractivity contribution in [2.24, 2.45) is 17.3 Å². The van der Waals surface area contributed by atoms with Crippen LogP contribution in [0.1, 0.15) is 51.2 Å². The van der Waals surface area contributed by atoms with E-state index >= 15 is 0 Å². The van der Waals surface area contributed by atoms with E-state index in [9.17, 15) is 18.0 Å². The van der Waals surface area contributed by atoms with Gasteiger partial charge >= 0.3 is 5.97 Å². The number of ether oxygens (including phenoxy) is 2. The van der Waals surface area contributed by atoms with Crippen LogP contribution in [0.4, 0.5) is 18.9 Å². The van der Waals surface area contributed by atoms with Crippen molar-refractivity contribution in [1.82, 2.24) is 0 Å². The number of methoxy groups -OCH3 is 1. The molecule has 4 nitrogen and oxygen atoms in total. The Labute approximate surface area is 198 Å². The highest BCUT2D eigenvalue weighted by Crippen LogP contribution is 2.60. The van der Waals surface area contributed by atoms with E-state index in [2.05, 4.69) is 37.2 Å². The lowest BCUT2D eigenvalue weighted by molar-refractivity contribution is -0.147. The summed E-state index contributed by atoms with van der Waals surface area (Å²) in [5.41, 5.74) is -1.36. The topological polar surface area (TPSA) is 47.6 Å². The zero-order valence-corrected chi connectivity index (χ0v) is 21.3. The number of benzene rings is 1. The van der Waals surface area contributed by atoms with Crippen LogP contribution >= 0.6 is 31.9 Å². The third-order valence-electron chi connectivity index (χ3n) is 5.71. The van der Waals surface area contributed by atoms with Crippen molar-refractivity contribution in [1.29, 1.82) is 0 Å². The molecule has 174 valence electrons. The number of nitrogens with one attached hydrogen (secondary N) is 1. The fraction of sp³-hybridized carbons (Fsp3) is 0.591. The molecule has 0 saturated heterocycles. The van der Waals surface area contributed by atoms with E-state index in [4.69, 9.17) is 9.47 Å². The van der Waals surface area contributed by atoms with Crippen molar-refractivity contribution in [3.8, 4) is 0 Å². The Morgan fingerprint density at radius 1 is 1.10 bits per heavy atom. The summed E-state index contributed by atoms with van der Waals surface area (Å²) in [5, 5.41) is 2.85. The second-order valence-corrected chi connectivity index (χ2v) is 11.0. The average molecular weight is 571 g/mol. The predicted octanol–water partition coefficient (Wildman–Crippen LogP) is 6.80. The van der Waals surface area contributed by atoms with E-state index in [0.717, 1.165) is 22.7 Å². The molecule has 0 bridgehead atoms. The van der Waals surface area contributed by atoms with Gasteiger partial charge in [-0.2, -0.15) is 0 Å². The first kappa shape index (κ1) is 26.2. The molecule has 0 aromatic heterocycles. The van der Waals surface area contributed by atoms with Crippen molar-refractivity contribution in [3.63, 3.8) is 0 Å². The van der Waals surface area contributed by atoms with Gasteiger partial charge in [0.25, 0.3) is 0 Å². The van der Waals surface area contributed by atoms with E-state index < -0.39 is 48.1 Å². The summed E-state index contributed by atoms with van der Waals surface area (Å²) in [6, 6.07) is 0. The normalized spacial score (nSPS) is 19.1. The first-order valence-electron chi connectivity index (χ1n) is 10.2. The van der Waals surface area contributed by atoms with Gasteiger partial charge in [-0.25, -0.2) is 13.2 Å². The maximum absolute atomic E-state index is 15.0. The Kier molecular flexibility index (Phi) is 9.45. The highest BCUT2D eigenvalue weighted by Gasteiger charge is 2.61. The van der Waals surface area contributed by atoms with Crippen molar-refractivity contribution in [2.75, 3.05) is 19.0 Å². The van der Waals surface area contributed by atoms with Gasteiger partial charge in [0.1, 0.15) is 6.61 Å². The van der Waals surface area contributed by atoms with Crippen LogP contribution in [0.25, 0.3) is 0 Å². The molecule has 0 radical (unpaired) electrons. The van der Waals surface area contributed by atoms with E-state index in [1.54, 1.807) is 0 Å². The fourth-order valence-electron chi connectivity index (χ4n) is 3.74. The van der Waals surface area contributed by atoms with Crippen LogP contribution in [0.3, 0.4) is 0 Å². The van der Waals surface area contributed by atoms with Gasteiger partial charge in [0.05, 0.1) is 32.7 Å². The van der Waals surface area contributed by atoms with Crippen molar-refractivity contribution in [3.05, 3.63) is 38.0 Å². The van der Waals surface area contributed by atoms with Gasteiger partial charge in [0.15, 0.2) is 17.5 Å². The molecule has 2 atom stereocenters. The van der Waals surface area contributed by atoms with E-state index in [0.29, 0.717) is 6.54 Å². The number of esters is 1. The SMILES string of the molecule is CCCCCNc1c(F)c(COC)c(F)c(F)c1COC(=O)[C@@H]1[C@H](C=C(Br)Br)C1(C)C. The van der Waals surface area contributed by atoms with Gasteiger partial charge < -0.3 is 14.8 Å². The molecule has 1 saturated carbocycles. The average Bonchev–Trinajstić information content (AvgIpc) is 3.24. The molecule has 9 heteroatoms. The van der Waals surface area contributed by atoms with Gasteiger partial charge in [-0.05, 0) is 49.6 Å². The molecule has 1 aromatic carbocycles. The lowest BCUT2D eigenvalue weighted by atomic mass is 10.1. The number of halogens is 5. The van der Waals surface area contributed by atoms with Crippen molar-refractivity contribution >= 4 is 43.5 Å². The van der Waals surface area contributed by atoms with Crippen LogP contribution in [0.2, 0.25) is 0 Å². The number of carbonyl (C=O) groups excluding carboxylic acids is 1. The smallest absolute Gasteiger partial charge is 0.310 e. The summed E-state index contributed by atoms with van der Waals surface area (Å²) >= 11 is 6.57. The number of unbranched alkanes of at least 4 members (excludes halogenated alkanes) is 2. The molecular weight excluding hydrogens is 543 g/mol. The van der Waals surface area contributed by atoms with Crippen LogP contribution in [0.15, 0.2) is 9.47 Å². The van der Waals surface area contributed by atoms with Crippen LogP contribution in [-0.2, 0) is 27.5 Å². The maximum atomic E-state index is 15.0. The largest absolute Gasteiger partial charge is 0.460 e. The Hall–Kier alpha value is -1.06. The monoisotopic (exact) mass is 569 g/mol. The molecule has 31 heavy (non-hydrogen) atoms. The molecule has 0 spiro atoms. The molecule has 0 amide bonds. The number of hydrogen-bond donors (Lipinski definition) is 1.